The summed E-state index contributed by atoms with van der Waals surface area (Å²) in [5.41, 5.74) is 6.81. The Bertz CT molecular complexity index is 1590. The van der Waals surface area contributed by atoms with E-state index in [1.165, 1.54) is 5.56 Å². The lowest BCUT2D eigenvalue weighted by Gasteiger charge is -2.29. The number of aryl methyl sites for hydroxylation is 1. The quantitative estimate of drug-likeness (QED) is 0.168. The maximum Gasteiger partial charge on any atom is 0.164 e. The molecule has 0 bridgehead atoms. The van der Waals surface area contributed by atoms with E-state index >= 15 is 0 Å². The highest BCUT2D eigenvalue weighted by molar-refractivity contribution is 5.97. The molecule has 0 spiro atoms. The first kappa shape index (κ1) is 34.9. The molecule has 0 amide bonds. The van der Waals surface area contributed by atoms with Crippen molar-refractivity contribution in [2.45, 2.75) is 63.2 Å². The first-order valence-electron chi connectivity index (χ1n) is 15.6. The average molecular weight is 648 g/mol. The lowest BCUT2D eigenvalue weighted by atomic mass is 9.77. The molecule has 252 valence electrons. The van der Waals surface area contributed by atoms with E-state index in [0.29, 0.717) is 17.4 Å². The van der Waals surface area contributed by atoms with Gasteiger partial charge in [-0.15, -0.1) is 0 Å². The van der Waals surface area contributed by atoms with Gasteiger partial charge in [0.05, 0.1) is 52.7 Å². The summed E-state index contributed by atoms with van der Waals surface area (Å²) in [5, 5.41) is 36.3. The molecule has 3 atom stereocenters. The van der Waals surface area contributed by atoms with E-state index in [9.17, 15) is 0 Å². The molecule has 11 heteroatoms. The Hall–Kier alpha value is -4.93. The molecule has 0 heterocycles. The number of oxime groups is 3. The van der Waals surface area contributed by atoms with Crippen LogP contribution in [0.1, 0.15) is 78.5 Å². The highest BCUT2D eigenvalue weighted by Crippen LogP contribution is 2.44. The third-order valence-electron chi connectivity index (χ3n) is 9.10. The molecule has 0 radical (unpaired) electrons. The van der Waals surface area contributed by atoms with Crippen molar-refractivity contribution < 1.29 is 39.3 Å². The van der Waals surface area contributed by atoms with Crippen LogP contribution in [0.15, 0.2) is 70.1 Å². The van der Waals surface area contributed by atoms with Crippen molar-refractivity contribution >= 4 is 17.1 Å². The molecule has 0 saturated heterocycles. The van der Waals surface area contributed by atoms with Crippen LogP contribution in [0, 0.1) is 6.92 Å². The van der Waals surface area contributed by atoms with Crippen molar-refractivity contribution in [2.75, 3.05) is 35.5 Å². The summed E-state index contributed by atoms with van der Waals surface area (Å²) >= 11 is 0. The van der Waals surface area contributed by atoms with Crippen molar-refractivity contribution in [2.24, 2.45) is 15.5 Å². The van der Waals surface area contributed by atoms with Gasteiger partial charge in [0.1, 0.15) is 17.2 Å². The highest BCUT2D eigenvalue weighted by atomic mass is 16.5. The fraction of sp³-hybridized carbons (Fsp3) is 0.417. The molecule has 0 aliphatic heterocycles. The minimum absolute atomic E-state index is 0.102. The van der Waals surface area contributed by atoms with E-state index in [-0.39, 0.29) is 11.8 Å². The van der Waals surface area contributed by atoms with Crippen LogP contribution in [-0.2, 0) is 0 Å². The third-order valence-corrected chi connectivity index (χ3v) is 9.10. The number of benzene rings is 3. The van der Waals surface area contributed by atoms with Gasteiger partial charge in [-0.25, -0.2) is 0 Å². The monoisotopic (exact) mass is 647 g/mol. The summed E-state index contributed by atoms with van der Waals surface area (Å²) in [5.74, 6) is 4.29. The van der Waals surface area contributed by atoms with Crippen molar-refractivity contribution in [3.8, 4) is 28.7 Å². The maximum atomic E-state index is 8.90. The Kier molecular flexibility index (Phi) is 12.3. The molecule has 11 nitrogen and oxygen atoms in total. The van der Waals surface area contributed by atoms with Gasteiger partial charge in [-0.3, -0.25) is 0 Å². The predicted octanol–water partition coefficient (Wildman–Crippen LogP) is 7.53. The van der Waals surface area contributed by atoms with E-state index in [1.54, 1.807) is 41.6 Å². The highest BCUT2D eigenvalue weighted by Gasteiger charge is 2.33. The topological polar surface area (TPSA) is 144 Å². The SMILES string of the molecule is COc1cc(C2CCC2=NO)c(OC)cc1C.COc1cc(OC)c(C2CCC2=NO)cc1OC.ON=C1CCC1c1ccccc1. The molecular weight excluding hydrogens is 602 g/mol. The van der Waals surface area contributed by atoms with Crippen LogP contribution in [0.2, 0.25) is 0 Å². The smallest absolute Gasteiger partial charge is 0.164 e. The van der Waals surface area contributed by atoms with Crippen LogP contribution in [-0.4, -0.2) is 68.3 Å². The van der Waals surface area contributed by atoms with Gasteiger partial charge in [0, 0.05) is 34.9 Å². The molecule has 3 aromatic rings. The number of nitrogens with zero attached hydrogens (tertiary/aromatic N) is 3. The third kappa shape index (κ3) is 7.73. The van der Waals surface area contributed by atoms with Crippen molar-refractivity contribution in [1.29, 1.82) is 0 Å². The Balaban J connectivity index is 0.000000163. The molecule has 3 aliphatic carbocycles. The molecule has 3 fully saturated rings. The minimum Gasteiger partial charge on any atom is -0.496 e. The molecular formula is C36H45N3O8. The predicted molar refractivity (Wildman–Crippen MR) is 180 cm³/mol. The summed E-state index contributed by atoms with van der Waals surface area (Å²) in [7, 11) is 8.09. The lowest BCUT2D eigenvalue weighted by Crippen LogP contribution is -2.24. The standard InChI is InChI=1S/C13H17NO4.C13H17NO3.C10H11NO/c1-16-11-7-13(18-3)12(17-2)6-9(11)8-4-5-10(8)14-15;1-8-6-13(17-3)10(7-12(8)16-2)9-4-5-11(9)14-15;12-11-10-7-6-9(10)8-4-2-1-3-5-8/h6-8,15H,4-5H2,1-3H3;6-7,9,15H,4-5H2,1-3H3;1-5,9,12H,6-7H2. The molecule has 3 aliphatic rings. The van der Waals surface area contributed by atoms with Crippen LogP contribution < -0.4 is 23.7 Å². The average Bonchev–Trinajstić information content (AvgIpc) is 3.05. The number of methoxy groups -OCH3 is 5. The zero-order chi connectivity index (χ0) is 33.9. The van der Waals surface area contributed by atoms with Gasteiger partial charge >= 0.3 is 0 Å². The van der Waals surface area contributed by atoms with Crippen LogP contribution >= 0.6 is 0 Å². The Morgan fingerprint density at radius 1 is 0.511 bits per heavy atom. The number of hydrogen-bond donors (Lipinski definition) is 3. The van der Waals surface area contributed by atoms with E-state index in [0.717, 1.165) is 89.6 Å². The number of hydrogen-bond acceptors (Lipinski definition) is 11. The fourth-order valence-electron chi connectivity index (χ4n) is 6.00. The fourth-order valence-corrected chi connectivity index (χ4v) is 6.00. The maximum absolute atomic E-state index is 8.90. The van der Waals surface area contributed by atoms with Crippen molar-refractivity contribution in [3.05, 3.63) is 76.9 Å². The normalized spacial score (nSPS) is 21.9. The first-order chi connectivity index (χ1) is 22.9. The summed E-state index contributed by atoms with van der Waals surface area (Å²) in [6.07, 6.45) is 5.66. The van der Waals surface area contributed by atoms with Gasteiger partial charge < -0.3 is 39.3 Å². The van der Waals surface area contributed by atoms with Crippen LogP contribution in [0.5, 0.6) is 28.7 Å². The largest absolute Gasteiger partial charge is 0.496 e. The van der Waals surface area contributed by atoms with Gasteiger partial charge in [-0.05, 0) is 74.8 Å². The van der Waals surface area contributed by atoms with E-state index < -0.39 is 0 Å². The molecule has 47 heavy (non-hydrogen) atoms. The zero-order valence-electron chi connectivity index (χ0n) is 27.9. The summed E-state index contributed by atoms with van der Waals surface area (Å²) < 4.78 is 26.6. The molecule has 3 aromatic carbocycles. The molecule has 3 unspecified atom stereocenters. The Labute approximate surface area is 276 Å². The van der Waals surface area contributed by atoms with Crippen LogP contribution in [0.3, 0.4) is 0 Å². The van der Waals surface area contributed by atoms with Gasteiger partial charge in [0.2, 0.25) is 0 Å². The van der Waals surface area contributed by atoms with Crippen LogP contribution in [0.25, 0.3) is 0 Å². The van der Waals surface area contributed by atoms with Gasteiger partial charge in [0.15, 0.2) is 11.5 Å². The number of ether oxygens (including phenoxy) is 5. The van der Waals surface area contributed by atoms with Crippen LogP contribution in [0.4, 0.5) is 0 Å². The Morgan fingerprint density at radius 3 is 1.32 bits per heavy atom. The van der Waals surface area contributed by atoms with Crippen molar-refractivity contribution in [1.82, 2.24) is 0 Å². The second-order valence-corrected chi connectivity index (χ2v) is 11.5. The summed E-state index contributed by atoms with van der Waals surface area (Å²) in [4.78, 5) is 0. The summed E-state index contributed by atoms with van der Waals surface area (Å²) in [6, 6.07) is 17.8. The zero-order valence-corrected chi connectivity index (χ0v) is 27.9. The summed E-state index contributed by atoms with van der Waals surface area (Å²) in [6.45, 7) is 1.98. The number of rotatable bonds is 8. The Morgan fingerprint density at radius 2 is 0.915 bits per heavy atom. The lowest BCUT2D eigenvalue weighted by molar-refractivity contribution is 0.309. The molecule has 0 aromatic heterocycles. The van der Waals surface area contributed by atoms with E-state index in [4.69, 9.17) is 39.3 Å². The van der Waals surface area contributed by atoms with E-state index in [1.807, 2.05) is 43.3 Å². The second-order valence-electron chi connectivity index (χ2n) is 11.5. The second kappa shape index (κ2) is 16.6. The van der Waals surface area contributed by atoms with Crippen molar-refractivity contribution in [3.63, 3.8) is 0 Å². The van der Waals surface area contributed by atoms with Gasteiger partial charge in [-0.1, -0.05) is 45.8 Å². The molecule has 6 rings (SSSR count). The molecule has 3 saturated carbocycles. The molecule has 3 N–H and O–H groups in total. The first-order valence-corrected chi connectivity index (χ1v) is 15.6. The van der Waals surface area contributed by atoms with Gasteiger partial charge in [-0.2, -0.15) is 0 Å². The van der Waals surface area contributed by atoms with Gasteiger partial charge in [0.25, 0.3) is 0 Å². The minimum atomic E-state index is 0.102. The van der Waals surface area contributed by atoms with E-state index in [2.05, 4.69) is 27.6 Å².